The smallest absolute Gasteiger partial charge is 0.262 e. The van der Waals surface area contributed by atoms with Gasteiger partial charge >= 0.3 is 0 Å². The second kappa shape index (κ2) is 11.9. The van der Waals surface area contributed by atoms with E-state index < -0.39 is 0 Å². The van der Waals surface area contributed by atoms with Crippen molar-refractivity contribution in [3.05, 3.63) is 52.3 Å². The van der Waals surface area contributed by atoms with E-state index >= 15 is 0 Å². The fourth-order valence-electron chi connectivity index (χ4n) is 3.89. The number of carbonyl (C=O) groups excluding carboxylic acids is 1. The molecule has 34 heavy (non-hydrogen) atoms. The van der Waals surface area contributed by atoms with Crippen LogP contribution in [0.25, 0.3) is 10.9 Å². The number of benzene rings is 2. The van der Waals surface area contributed by atoms with Crippen LogP contribution in [0, 0.1) is 0 Å². The quantitative estimate of drug-likeness (QED) is 0.145. The first-order valence-electron chi connectivity index (χ1n) is 11.4. The molecule has 0 bridgehead atoms. The largest absolute Gasteiger partial charge is 0.493 e. The van der Waals surface area contributed by atoms with Crippen LogP contribution >= 0.6 is 11.8 Å². The minimum absolute atomic E-state index is 0.0186. The molecular weight excluding hydrogens is 452 g/mol. The number of aromatic nitrogens is 2. The van der Waals surface area contributed by atoms with Crippen molar-refractivity contribution < 1.29 is 19.0 Å². The van der Waals surface area contributed by atoms with E-state index in [1.165, 1.54) is 33.1 Å². The Balaban J connectivity index is 1.93. The Bertz CT molecular complexity index is 1180. The van der Waals surface area contributed by atoms with E-state index in [1.54, 1.807) is 22.8 Å². The zero-order valence-electron chi connectivity index (χ0n) is 20.4. The maximum Gasteiger partial charge on any atom is 0.262 e. The van der Waals surface area contributed by atoms with Gasteiger partial charge in [0.1, 0.15) is 0 Å². The predicted octanol–water partition coefficient (Wildman–Crippen LogP) is 5.54. The van der Waals surface area contributed by atoms with Crippen LogP contribution in [0.2, 0.25) is 0 Å². The fraction of sp³-hybridized carbons (Fsp3) is 0.423. The molecule has 0 amide bonds. The Labute approximate surface area is 204 Å². The molecule has 0 unspecified atom stereocenters. The molecule has 0 N–H and O–H groups in total. The number of fused-ring (bicyclic) bond motifs is 1. The lowest BCUT2D eigenvalue weighted by molar-refractivity contribution is 0.102. The summed E-state index contributed by atoms with van der Waals surface area (Å²) >= 11 is 1.27. The van der Waals surface area contributed by atoms with Crippen molar-refractivity contribution in [1.29, 1.82) is 0 Å². The lowest BCUT2D eigenvalue weighted by Gasteiger charge is -2.19. The van der Waals surface area contributed by atoms with Gasteiger partial charge in [0.2, 0.25) is 5.75 Å². The number of rotatable bonds is 12. The number of unbranched alkanes of at least 4 members (excludes halogenated alkanes) is 2. The minimum Gasteiger partial charge on any atom is -0.493 e. The van der Waals surface area contributed by atoms with Crippen LogP contribution in [-0.4, -0.2) is 42.4 Å². The summed E-state index contributed by atoms with van der Waals surface area (Å²) in [5.41, 5.74) is 0.997. The Kier molecular flexibility index (Phi) is 8.98. The number of ketones is 1. The van der Waals surface area contributed by atoms with Gasteiger partial charge in [-0.05, 0) is 37.6 Å². The van der Waals surface area contributed by atoms with Gasteiger partial charge in [0, 0.05) is 11.6 Å². The molecule has 0 aliphatic heterocycles. The predicted molar refractivity (Wildman–Crippen MR) is 136 cm³/mol. The van der Waals surface area contributed by atoms with Gasteiger partial charge in [-0.15, -0.1) is 0 Å². The molecular formula is C26H32N2O5S. The van der Waals surface area contributed by atoms with Crippen LogP contribution in [0.3, 0.4) is 0 Å². The van der Waals surface area contributed by atoms with Crippen molar-refractivity contribution >= 4 is 28.4 Å². The minimum atomic E-state index is -0.128. The second-order valence-electron chi connectivity index (χ2n) is 8.06. The van der Waals surface area contributed by atoms with E-state index in [2.05, 4.69) is 6.92 Å². The highest BCUT2D eigenvalue weighted by atomic mass is 32.2. The highest BCUT2D eigenvalue weighted by Gasteiger charge is 2.20. The molecule has 0 fully saturated rings. The molecule has 3 aromatic rings. The maximum atomic E-state index is 13.4. The molecule has 0 aliphatic rings. The van der Waals surface area contributed by atoms with Gasteiger partial charge in [0.25, 0.3) is 5.56 Å². The third kappa shape index (κ3) is 5.55. The lowest BCUT2D eigenvalue weighted by Crippen LogP contribution is -2.26. The third-order valence-electron chi connectivity index (χ3n) is 5.76. The van der Waals surface area contributed by atoms with Crippen molar-refractivity contribution in [2.75, 3.05) is 27.1 Å². The normalized spacial score (nSPS) is 11.9. The number of methoxy groups -OCH3 is 3. The van der Waals surface area contributed by atoms with Crippen LogP contribution in [0.4, 0.5) is 0 Å². The molecule has 8 heteroatoms. The summed E-state index contributed by atoms with van der Waals surface area (Å²) < 4.78 is 17.8. The first kappa shape index (κ1) is 25.6. The SMILES string of the molecule is CCCCC[C@@H](C)n1c(SCC(=O)c2cc(OC)c(OC)c(OC)c2)nc2ccccc2c1=O. The Morgan fingerprint density at radius 2 is 1.74 bits per heavy atom. The summed E-state index contributed by atoms with van der Waals surface area (Å²) in [7, 11) is 4.54. The number of nitrogens with zero attached hydrogens (tertiary/aromatic N) is 2. The van der Waals surface area contributed by atoms with Crippen LogP contribution in [0.1, 0.15) is 55.9 Å². The van der Waals surface area contributed by atoms with Crippen molar-refractivity contribution in [2.24, 2.45) is 0 Å². The van der Waals surface area contributed by atoms with Gasteiger partial charge in [0.15, 0.2) is 22.4 Å². The summed E-state index contributed by atoms with van der Waals surface area (Å²) in [6.45, 7) is 4.20. The van der Waals surface area contributed by atoms with E-state index in [9.17, 15) is 9.59 Å². The van der Waals surface area contributed by atoms with Gasteiger partial charge in [-0.25, -0.2) is 4.98 Å². The summed E-state index contributed by atoms with van der Waals surface area (Å²) in [5, 5.41) is 1.14. The zero-order chi connectivity index (χ0) is 24.7. The van der Waals surface area contributed by atoms with Crippen LogP contribution in [0.5, 0.6) is 17.2 Å². The number of ether oxygens (including phenoxy) is 3. The molecule has 0 spiro atoms. The average Bonchev–Trinajstić information content (AvgIpc) is 2.86. The van der Waals surface area contributed by atoms with E-state index in [0.717, 1.165) is 25.7 Å². The first-order valence-corrected chi connectivity index (χ1v) is 12.4. The molecule has 1 aromatic heterocycles. The molecule has 2 aromatic carbocycles. The van der Waals surface area contributed by atoms with Crippen LogP contribution in [-0.2, 0) is 0 Å². The summed E-state index contributed by atoms with van der Waals surface area (Å²) in [4.78, 5) is 31.2. The topological polar surface area (TPSA) is 79.7 Å². The van der Waals surface area contributed by atoms with Gasteiger partial charge in [-0.2, -0.15) is 0 Å². The van der Waals surface area contributed by atoms with Gasteiger partial charge in [-0.3, -0.25) is 14.2 Å². The highest BCUT2D eigenvalue weighted by Crippen LogP contribution is 2.38. The highest BCUT2D eigenvalue weighted by molar-refractivity contribution is 7.99. The van der Waals surface area contributed by atoms with E-state index in [4.69, 9.17) is 19.2 Å². The Hall–Kier alpha value is -3.00. The molecule has 7 nitrogen and oxygen atoms in total. The Morgan fingerprint density at radius 1 is 1.06 bits per heavy atom. The van der Waals surface area contributed by atoms with Crippen molar-refractivity contribution in [3.63, 3.8) is 0 Å². The molecule has 0 saturated carbocycles. The van der Waals surface area contributed by atoms with Gasteiger partial charge < -0.3 is 14.2 Å². The number of para-hydroxylation sites is 1. The maximum absolute atomic E-state index is 13.4. The first-order chi connectivity index (χ1) is 16.4. The van der Waals surface area contributed by atoms with Crippen LogP contribution < -0.4 is 19.8 Å². The van der Waals surface area contributed by atoms with Crippen molar-refractivity contribution in [3.8, 4) is 17.2 Å². The van der Waals surface area contributed by atoms with E-state index in [1.807, 2.05) is 25.1 Å². The summed E-state index contributed by atoms with van der Waals surface area (Å²) in [6, 6.07) is 10.6. The number of thioether (sulfide) groups is 1. The summed E-state index contributed by atoms with van der Waals surface area (Å²) in [6.07, 6.45) is 4.14. The molecule has 1 atom stereocenters. The van der Waals surface area contributed by atoms with Crippen molar-refractivity contribution in [2.45, 2.75) is 50.7 Å². The Morgan fingerprint density at radius 3 is 2.35 bits per heavy atom. The van der Waals surface area contributed by atoms with Gasteiger partial charge in [0.05, 0.1) is 38.0 Å². The fourth-order valence-corrected chi connectivity index (χ4v) is 4.88. The molecule has 0 saturated heterocycles. The average molecular weight is 485 g/mol. The molecule has 182 valence electrons. The number of carbonyl (C=O) groups is 1. The van der Waals surface area contributed by atoms with Crippen molar-refractivity contribution in [1.82, 2.24) is 9.55 Å². The number of hydrogen-bond donors (Lipinski definition) is 0. The van der Waals surface area contributed by atoms with E-state index in [0.29, 0.717) is 38.9 Å². The molecule has 1 heterocycles. The van der Waals surface area contributed by atoms with Gasteiger partial charge in [-0.1, -0.05) is 50.1 Å². The summed E-state index contributed by atoms with van der Waals surface area (Å²) in [5.74, 6) is 1.25. The molecule has 0 aliphatic carbocycles. The number of hydrogen-bond acceptors (Lipinski definition) is 7. The lowest BCUT2D eigenvalue weighted by atomic mass is 10.1. The monoisotopic (exact) mass is 484 g/mol. The van der Waals surface area contributed by atoms with E-state index in [-0.39, 0.29) is 23.1 Å². The number of Topliss-reactive ketones (excluding diaryl/α,β-unsaturated/α-hetero) is 1. The zero-order valence-corrected chi connectivity index (χ0v) is 21.2. The second-order valence-corrected chi connectivity index (χ2v) is 9.00. The molecule has 3 rings (SSSR count). The third-order valence-corrected chi connectivity index (χ3v) is 6.71. The standard InChI is InChI=1S/C26H32N2O5S/c1-6-7-8-11-17(2)28-25(30)19-12-9-10-13-20(19)27-26(28)34-16-21(29)18-14-22(31-3)24(33-5)23(15-18)32-4/h9-10,12-15,17H,6-8,11,16H2,1-5H3/t17-/m1/s1. The molecule has 0 radical (unpaired) electrons. The van der Waals surface area contributed by atoms with Crippen LogP contribution in [0.15, 0.2) is 46.3 Å².